The SMILES string of the molecule is NCCCCCCc1ccccc1N. The van der Waals surface area contributed by atoms with Gasteiger partial charge in [-0.25, -0.2) is 0 Å². The van der Waals surface area contributed by atoms with Gasteiger partial charge in [-0.3, -0.25) is 0 Å². The van der Waals surface area contributed by atoms with Crippen molar-refractivity contribution < 1.29 is 0 Å². The van der Waals surface area contributed by atoms with Gasteiger partial charge in [0, 0.05) is 5.69 Å². The summed E-state index contributed by atoms with van der Waals surface area (Å²) in [6.45, 7) is 0.813. The van der Waals surface area contributed by atoms with E-state index in [1.54, 1.807) is 0 Å². The first-order valence-corrected chi connectivity index (χ1v) is 5.38. The van der Waals surface area contributed by atoms with Gasteiger partial charge < -0.3 is 11.5 Å². The number of nitrogens with two attached hydrogens (primary N) is 2. The van der Waals surface area contributed by atoms with Crippen LogP contribution in [0.1, 0.15) is 31.2 Å². The third-order valence-corrected chi connectivity index (χ3v) is 2.46. The molecule has 0 atom stereocenters. The topological polar surface area (TPSA) is 52.0 Å². The summed E-state index contributed by atoms with van der Waals surface area (Å²) in [5.74, 6) is 0. The van der Waals surface area contributed by atoms with Gasteiger partial charge in [0.1, 0.15) is 0 Å². The standard InChI is InChI=1S/C12H20N2/c13-10-6-2-1-3-7-11-8-4-5-9-12(11)14/h4-5,8-9H,1-3,6-7,10,13-14H2. The molecule has 0 spiro atoms. The van der Waals surface area contributed by atoms with Gasteiger partial charge in [0.15, 0.2) is 0 Å². The van der Waals surface area contributed by atoms with Crippen LogP contribution in [0.3, 0.4) is 0 Å². The monoisotopic (exact) mass is 192 g/mol. The second kappa shape index (κ2) is 6.44. The average molecular weight is 192 g/mol. The Labute approximate surface area is 86.3 Å². The van der Waals surface area contributed by atoms with Crippen molar-refractivity contribution in [2.45, 2.75) is 32.1 Å². The zero-order valence-corrected chi connectivity index (χ0v) is 8.71. The number of nitrogen functional groups attached to an aromatic ring is 1. The third-order valence-electron chi connectivity index (χ3n) is 2.46. The molecule has 4 N–H and O–H groups in total. The highest BCUT2D eigenvalue weighted by Gasteiger charge is 1.96. The molecule has 14 heavy (non-hydrogen) atoms. The lowest BCUT2D eigenvalue weighted by atomic mass is 10.0. The molecule has 1 aromatic carbocycles. The molecule has 0 aromatic heterocycles. The van der Waals surface area contributed by atoms with E-state index >= 15 is 0 Å². The molecule has 0 aliphatic heterocycles. The van der Waals surface area contributed by atoms with E-state index in [-0.39, 0.29) is 0 Å². The van der Waals surface area contributed by atoms with Crippen molar-refractivity contribution in [3.63, 3.8) is 0 Å². The van der Waals surface area contributed by atoms with Crippen LogP contribution in [-0.4, -0.2) is 6.54 Å². The molecular formula is C12H20N2. The molecule has 0 fully saturated rings. The molecule has 0 unspecified atom stereocenters. The predicted molar refractivity (Wildman–Crippen MR) is 62.1 cm³/mol. The number of hydrogen-bond acceptors (Lipinski definition) is 2. The molecule has 0 aliphatic rings. The molecule has 1 rings (SSSR count). The quantitative estimate of drug-likeness (QED) is 0.537. The Bertz CT molecular complexity index is 258. The molecular weight excluding hydrogens is 172 g/mol. The normalized spacial score (nSPS) is 10.4. The maximum Gasteiger partial charge on any atom is 0.0346 e. The fraction of sp³-hybridized carbons (Fsp3) is 0.500. The van der Waals surface area contributed by atoms with Crippen LogP contribution in [0.5, 0.6) is 0 Å². The van der Waals surface area contributed by atoms with Crippen molar-refractivity contribution in [2.75, 3.05) is 12.3 Å². The van der Waals surface area contributed by atoms with Gasteiger partial charge in [0.2, 0.25) is 0 Å². The number of rotatable bonds is 6. The smallest absolute Gasteiger partial charge is 0.0346 e. The first kappa shape index (κ1) is 11.1. The van der Waals surface area contributed by atoms with Crippen LogP contribution in [0.25, 0.3) is 0 Å². The summed E-state index contributed by atoms with van der Waals surface area (Å²) in [7, 11) is 0. The van der Waals surface area contributed by atoms with Gasteiger partial charge in [-0.15, -0.1) is 0 Å². The zero-order chi connectivity index (χ0) is 10.2. The van der Waals surface area contributed by atoms with Crippen LogP contribution in [0.2, 0.25) is 0 Å². The zero-order valence-electron chi connectivity index (χ0n) is 8.71. The van der Waals surface area contributed by atoms with E-state index in [4.69, 9.17) is 11.5 Å². The summed E-state index contributed by atoms with van der Waals surface area (Å²) in [5, 5.41) is 0. The van der Waals surface area contributed by atoms with E-state index in [1.807, 2.05) is 18.2 Å². The van der Waals surface area contributed by atoms with Gasteiger partial charge in [-0.2, -0.15) is 0 Å². The summed E-state index contributed by atoms with van der Waals surface area (Å²) in [6.07, 6.45) is 5.95. The summed E-state index contributed by atoms with van der Waals surface area (Å²) in [4.78, 5) is 0. The summed E-state index contributed by atoms with van der Waals surface area (Å²) in [5.41, 5.74) is 13.5. The second-order valence-corrected chi connectivity index (χ2v) is 3.65. The number of hydrogen-bond donors (Lipinski definition) is 2. The number of aryl methyl sites for hydroxylation is 1. The minimum Gasteiger partial charge on any atom is -0.399 e. The van der Waals surface area contributed by atoms with Gasteiger partial charge >= 0.3 is 0 Å². The van der Waals surface area contributed by atoms with E-state index in [0.717, 1.165) is 25.1 Å². The Morgan fingerprint density at radius 1 is 0.929 bits per heavy atom. The van der Waals surface area contributed by atoms with Gasteiger partial charge in [0.05, 0.1) is 0 Å². The van der Waals surface area contributed by atoms with E-state index in [2.05, 4.69) is 6.07 Å². The number of para-hydroxylation sites is 1. The molecule has 0 aliphatic carbocycles. The molecule has 0 bridgehead atoms. The van der Waals surface area contributed by atoms with E-state index in [0.29, 0.717) is 0 Å². The minimum atomic E-state index is 0.813. The molecule has 0 saturated heterocycles. The first-order valence-electron chi connectivity index (χ1n) is 5.38. The van der Waals surface area contributed by atoms with Crippen LogP contribution >= 0.6 is 0 Å². The Morgan fingerprint density at radius 3 is 2.36 bits per heavy atom. The summed E-state index contributed by atoms with van der Waals surface area (Å²) >= 11 is 0. The highest BCUT2D eigenvalue weighted by Crippen LogP contribution is 2.14. The summed E-state index contributed by atoms with van der Waals surface area (Å²) in [6, 6.07) is 8.10. The molecule has 1 aromatic rings. The van der Waals surface area contributed by atoms with Crippen LogP contribution in [-0.2, 0) is 6.42 Å². The largest absolute Gasteiger partial charge is 0.399 e. The average Bonchev–Trinajstić information content (AvgIpc) is 2.20. The van der Waals surface area contributed by atoms with Gasteiger partial charge in [0.25, 0.3) is 0 Å². The van der Waals surface area contributed by atoms with Crippen LogP contribution in [0.15, 0.2) is 24.3 Å². The lowest BCUT2D eigenvalue weighted by Crippen LogP contribution is -1.98. The van der Waals surface area contributed by atoms with Crippen molar-refractivity contribution in [1.82, 2.24) is 0 Å². The predicted octanol–water partition coefficient (Wildman–Crippen LogP) is 2.33. The fourth-order valence-corrected chi connectivity index (χ4v) is 1.58. The molecule has 0 saturated carbocycles. The Morgan fingerprint density at radius 2 is 1.64 bits per heavy atom. The minimum absolute atomic E-state index is 0.813. The maximum atomic E-state index is 5.84. The van der Waals surface area contributed by atoms with Gasteiger partial charge in [-0.05, 0) is 37.4 Å². The molecule has 78 valence electrons. The maximum absolute atomic E-state index is 5.84. The Hall–Kier alpha value is -1.02. The number of benzene rings is 1. The van der Waals surface area contributed by atoms with Crippen molar-refractivity contribution >= 4 is 5.69 Å². The Balaban J connectivity index is 2.21. The van der Waals surface area contributed by atoms with Crippen LogP contribution in [0, 0.1) is 0 Å². The van der Waals surface area contributed by atoms with Crippen molar-refractivity contribution in [3.8, 4) is 0 Å². The third kappa shape index (κ3) is 3.79. The molecule has 2 heteroatoms. The van der Waals surface area contributed by atoms with Gasteiger partial charge in [-0.1, -0.05) is 31.0 Å². The first-order chi connectivity index (χ1) is 6.84. The molecule has 0 amide bonds. The van der Waals surface area contributed by atoms with Crippen molar-refractivity contribution in [2.24, 2.45) is 5.73 Å². The second-order valence-electron chi connectivity index (χ2n) is 3.65. The van der Waals surface area contributed by atoms with Crippen LogP contribution < -0.4 is 11.5 Å². The molecule has 0 heterocycles. The van der Waals surface area contributed by atoms with Crippen LogP contribution in [0.4, 0.5) is 5.69 Å². The van der Waals surface area contributed by atoms with E-state index in [9.17, 15) is 0 Å². The Kier molecular flexibility index (Phi) is 5.08. The molecule has 0 radical (unpaired) electrons. The molecule has 2 nitrogen and oxygen atoms in total. The highest BCUT2D eigenvalue weighted by molar-refractivity contribution is 5.46. The fourth-order valence-electron chi connectivity index (χ4n) is 1.58. The number of unbranched alkanes of at least 4 members (excludes halogenated alkanes) is 3. The summed E-state index contributed by atoms with van der Waals surface area (Å²) < 4.78 is 0. The number of anilines is 1. The van der Waals surface area contributed by atoms with Crippen molar-refractivity contribution in [1.29, 1.82) is 0 Å². The van der Waals surface area contributed by atoms with E-state index < -0.39 is 0 Å². The highest BCUT2D eigenvalue weighted by atomic mass is 14.6. The van der Waals surface area contributed by atoms with Crippen molar-refractivity contribution in [3.05, 3.63) is 29.8 Å². The lowest BCUT2D eigenvalue weighted by molar-refractivity contribution is 0.647. The lowest BCUT2D eigenvalue weighted by Gasteiger charge is -2.04. The van der Waals surface area contributed by atoms with E-state index in [1.165, 1.54) is 24.8 Å².